The molecular weight excluding hydrogens is 246 g/mol. The third-order valence-corrected chi connectivity index (χ3v) is 4.96. The number of hydrogen-bond acceptors (Lipinski definition) is 3. The van der Waals surface area contributed by atoms with Gasteiger partial charge in [0.05, 0.1) is 0 Å². The van der Waals surface area contributed by atoms with Gasteiger partial charge in [-0.2, -0.15) is 0 Å². The largest absolute Gasteiger partial charge is 0.313 e. The maximum Gasteiger partial charge on any atom is 0.0255 e. The zero-order chi connectivity index (χ0) is 15.1. The summed E-state index contributed by atoms with van der Waals surface area (Å²) in [5.74, 6) is 0.926. The third-order valence-electron chi connectivity index (χ3n) is 4.96. The molecule has 4 unspecified atom stereocenters. The topological polar surface area (TPSA) is 18.5 Å². The quantitative estimate of drug-likeness (QED) is 0.739. The summed E-state index contributed by atoms with van der Waals surface area (Å²) in [5.41, 5.74) is 0. The van der Waals surface area contributed by atoms with Crippen LogP contribution < -0.4 is 5.32 Å². The van der Waals surface area contributed by atoms with Crippen LogP contribution in [0.15, 0.2) is 0 Å². The molecule has 0 spiro atoms. The van der Waals surface area contributed by atoms with Crippen LogP contribution in [0.25, 0.3) is 0 Å². The van der Waals surface area contributed by atoms with Crippen molar-refractivity contribution in [2.45, 2.75) is 71.5 Å². The van der Waals surface area contributed by atoms with Crippen LogP contribution in [0.1, 0.15) is 53.4 Å². The molecule has 1 saturated carbocycles. The minimum absolute atomic E-state index is 0.636. The van der Waals surface area contributed by atoms with Gasteiger partial charge in [-0.1, -0.05) is 27.2 Å². The van der Waals surface area contributed by atoms with Gasteiger partial charge in [-0.15, -0.1) is 0 Å². The molecule has 0 aromatic heterocycles. The van der Waals surface area contributed by atoms with E-state index in [9.17, 15) is 0 Å². The lowest BCUT2D eigenvalue weighted by atomic mass is 9.79. The number of hydrogen-bond donors (Lipinski definition) is 1. The smallest absolute Gasteiger partial charge is 0.0255 e. The molecule has 1 aliphatic rings. The molecule has 1 fully saturated rings. The highest BCUT2D eigenvalue weighted by Crippen LogP contribution is 2.31. The van der Waals surface area contributed by atoms with E-state index < -0.39 is 0 Å². The second-order valence-corrected chi connectivity index (χ2v) is 6.76. The summed E-state index contributed by atoms with van der Waals surface area (Å²) >= 11 is 0. The highest BCUT2D eigenvalue weighted by atomic mass is 15.2. The normalized spacial score (nSPS) is 29.1. The number of likely N-dealkylation sites (N-methyl/N-ethyl adjacent to an activating group) is 3. The van der Waals surface area contributed by atoms with E-state index in [1.165, 1.54) is 25.7 Å². The molecule has 0 amide bonds. The van der Waals surface area contributed by atoms with Crippen LogP contribution in [0, 0.1) is 5.92 Å². The summed E-state index contributed by atoms with van der Waals surface area (Å²) in [6.45, 7) is 12.7. The fourth-order valence-corrected chi connectivity index (χ4v) is 3.98. The Labute approximate surface area is 127 Å². The maximum absolute atomic E-state index is 3.75. The van der Waals surface area contributed by atoms with Gasteiger partial charge in [-0.05, 0) is 59.3 Å². The van der Waals surface area contributed by atoms with E-state index >= 15 is 0 Å². The summed E-state index contributed by atoms with van der Waals surface area (Å²) in [4.78, 5) is 5.06. The Kier molecular flexibility index (Phi) is 8.08. The Morgan fingerprint density at radius 3 is 2.35 bits per heavy atom. The van der Waals surface area contributed by atoms with E-state index in [-0.39, 0.29) is 0 Å². The summed E-state index contributed by atoms with van der Waals surface area (Å²) in [6, 6.07) is 2.04. The van der Waals surface area contributed by atoms with Gasteiger partial charge in [-0.3, -0.25) is 4.90 Å². The standard InChI is InChI=1S/C17H37N3/c1-7-15-10-11-16(18-8-2)17(12-15)20(9-3)14(4)13-19(5)6/h14-18H,7-13H2,1-6H3. The molecule has 20 heavy (non-hydrogen) atoms. The van der Waals surface area contributed by atoms with Crippen molar-refractivity contribution in [1.29, 1.82) is 0 Å². The van der Waals surface area contributed by atoms with E-state index in [4.69, 9.17) is 0 Å². The highest BCUT2D eigenvalue weighted by molar-refractivity contribution is 4.92. The summed E-state index contributed by atoms with van der Waals surface area (Å²) in [7, 11) is 4.36. The molecule has 3 nitrogen and oxygen atoms in total. The fraction of sp³-hybridized carbons (Fsp3) is 1.00. The summed E-state index contributed by atoms with van der Waals surface area (Å²) in [5, 5.41) is 3.75. The zero-order valence-electron chi connectivity index (χ0n) is 14.7. The van der Waals surface area contributed by atoms with Gasteiger partial charge in [0, 0.05) is 24.7 Å². The second-order valence-electron chi connectivity index (χ2n) is 6.76. The molecule has 1 aliphatic carbocycles. The summed E-state index contributed by atoms with van der Waals surface area (Å²) < 4.78 is 0. The summed E-state index contributed by atoms with van der Waals surface area (Å²) in [6.07, 6.45) is 5.47. The van der Waals surface area contributed by atoms with E-state index in [0.717, 1.165) is 25.6 Å². The van der Waals surface area contributed by atoms with Gasteiger partial charge in [0.25, 0.3) is 0 Å². The van der Waals surface area contributed by atoms with Gasteiger partial charge in [0.2, 0.25) is 0 Å². The molecule has 3 heteroatoms. The fourth-order valence-electron chi connectivity index (χ4n) is 3.98. The predicted octanol–water partition coefficient (Wildman–Crippen LogP) is 2.82. The first kappa shape index (κ1) is 17.9. The van der Waals surface area contributed by atoms with Crippen molar-refractivity contribution < 1.29 is 0 Å². The SMILES string of the molecule is CCNC1CCC(CC)CC1N(CC)C(C)CN(C)C. The average molecular weight is 284 g/mol. The minimum atomic E-state index is 0.636. The first-order valence-electron chi connectivity index (χ1n) is 8.67. The lowest BCUT2D eigenvalue weighted by Crippen LogP contribution is -2.57. The monoisotopic (exact) mass is 283 g/mol. The van der Waals surface area contributed by atoms with Crippen LogP contribution in [-0.4, -0.2) is 61.7 Å². The Hall–Kier alpha value is -0.120. The molecule has 0 bridgehead atoms. The van der Waals surface area contributed by atoms with Crippen molar-refractivity contribution in [3.63, 3.8) is 0 Å². The van der Waals surface area contributed by atoms with Crippen molar-refractivity contribution in [3.05, 3.63) is 0 Å². The van der Waals surface area contributed by atoms with Gasteiger partial charge >= 0.3 is 0 Å². The van der Waals surface area contributed by atoms with Crippen molar-refractivity contribution >= 4 is 0 Å². The molecule has 1 rings (SSSR count). The minimum Gasteiger partial charge on any atom is -0.313 e. The molecule has 0 radical (unpaired) electrons. The maximum atomic E-state index is 3.75. The van der Waals surface area contributed by atoms with Crippen LogP contribution in [0.4, 0.5) is 0 Å². The number of nitrogens with zero attached hydrogens (tertiary/aromatic N) is 2. The van der Waals surface area contributed by atoms with E-state index in [2.05, 4.69) is 56.9 Å². The number of rotatable bonds is 8. The molecule has 1 N–H and O–H groups in total. The van der Waals surface area contributed by atoms with E-state index in [1.54, 1.807) is 0 Å². The van der Waals surface area contributed by atoms with Gasteiger partial charge in [0.1, 0.15) is 0 Å². The van der Waals surface area contributed by atoms with Crippen LogP contribution in [0.3, 0.4) is 0 Å². The Bertz CT molecular complexity index is 255. The van der Waals surface area contributed by atoms with E-state index in [0.29, 0.717) is 18.1 Å². The average Bonchev–Trinajstić information content (AvgIpc) is 2.40. The van der Waals surface area contributed by atoms with Gasteiger partial charge < -0.3 is 10.2 Å². The lowest BCUT2D eigenvalue weighted by Gasteiger charge is -2.45. The molecule has 0 aromatic rings. The van der Waals surface area contributed by atoms with Crippen LogP contribution in [0.5, 0.6) is 0 Å². The Balaban J connectivity index is 2.76. The molecular formula is C17H37N3. The third kappa shape index (κ3) is 5.01. The molecule has 0 aliphatic heterocycles. The van der Waals surface area contributed by atoms with Gasteiger partial charge in [-0.25, -0.2) is 0 Å². The molecule has 4 atom stereocenters. The van der Waals surface area contributed by atoms with Gasteiger partial charge in [0.15, 0.2) is 0 Å². The Morgan fingerprint density at radius 2 is 1.85 bits per heavy atom. The zero-order valence-corrected chi connectivity index (χ0v) is 14.7. The van der Waals surface area contributed by atoms with Crippen molar-refractivity contribution in [2.75, 3.05) is 33.7 Å². The second kappa shape index (κ2) is 9.01. The first-order chi connectivity index (χ1) is 9.53. The van der Waals surface area contributed by atoms with E-state index in [1.807, 2.05) is 0 Å². The van der Waals surface area contributed by atoms with Crippen molar-refractivity contribution in [2.24, 2.45) is 5.92 Å². The number of nitrogens with one attached hydrogen (secondary N) is 1. The molecule has 0 aromatic carbocycles. The predicted molar refractivity (Wildman–Crippen MR) is 89.3 cm³/mol. The Morgan fingerprint density at radius 1 is 1.15 bits per heavy atom. The molecule has 0 saturated heterocycles. The molecule has 120 valence electrons. The van der Waals surface area contributed by atoms with Crippen LogP contribution in [-0.2, 0) is 0 Å². The highest BCUT2D eigenvalue weighted by Gasteiger charge is 2.34. The molecule has 0 heterocycles. The van der Waals surface area contributed by atoms with Crippen LogP contribution in [0.2, 0.25) is 0 Å². The van der Waals surface area contributed by atoms with Crippen molar-refractivity contribution in [3.8, 4) is 0 Å². The first-order valence-corrected chi connectivity index (χ1v) is 8.67. The van der Waals surface area contributed by atoms with Crippen molar-refractivity contribution in [1.82, 2.24) is 15.1 Å². The lowest BCUT2D eigenvalue weighted by molar-refractivity contribution is 0.0597. The van der Waals surface area contributed by atoms with Crippen LogP contribution >= 0.6 is 0 Å².